The number of aliphatic hydroxyl groups excluding tert-OH is 15. The van der Waals surface area contributed by atoms with Crippen LogP contribution in [0.25, 0.3) is 0 Å². The number of aliphatic carboxylic acids is 2. The molecule has 0 aromatic rings. The van der Waals surface area contributed by atoms with Crippen molar-refractivity contribution in [3.05, 3.63) is 0 Å². The van der Waals surface area contributed by atoms with E-state index in [0.29, 0.717) is 0 Å². The summed E-state index contributed by atoms with van der Waals surface area (Å²) in [5, 5.41) is 192. The Kier molecular flexibility index (Phi) is 23.3. The number of rotatable bonds is 23. The minimum absolute atomic E-state index is 0.801. The maximum absolute atomic E-state index is 13.0. The van der Waals surface area contributed by atoms with Gasteiger partial charge in [-0.25, -0.2) is 9.59 Å². The summed E-state index contributed by atoms with van der Waals surface area (Å²) in [5.41, 5.74) is 0. The highest BCUT2D eigenvalue weighted by atomic mass is 16.8. The lowest BCUT2D eigenvalue weighted by molar-refractivity contribution is -0.385. The number of aliphatic hydroxyl groups is 15. The number of carboxylic acid groups (broad SMARTS) is 2. The number of carbonyl (C=O) groups is 6. The smallest absolute Gasteiger partial charge is 0.364 e. The summed E-state index contributed by atoms with van der Waals surface area (Å²) in [4.78, 5) is 75.1. The molecule has 0 aliphatic carbocycles. The molecule has 0 bridgehead atoms. The first-order valence-corrected chi connectivity index (χ1v) is 24.8. The van der Waals surface area contributed by atoms with Gasteiger partial charge in [0.25, 0.3) is 11.6 Å². The molecule has 36 nitrogen and oxygen atoms in total. The van der Waals surface area contributed by atoms with Crippen molar-refractivity contribution < 1.29 is 158 Å². The van der Waals surface area contributed by atoms with E-state index in [0.717, 1.165) is 27.7 Å². The molecule has 80 heavy (non-hydrogen) atoms. The molecule has 5 rings (SSSR count). The largest absolute Gasteiger partial charge is 0.477 e. The predicted molar refractivity (Wildman–Crippen MR) is 247 cm³/mol. The molecule has 21 N–H and O–H groups in total. The number of carboxylic acids is 2. The van der Waals surface area contributed by atoms with E-state index in [4.69, 9.17) is 42.6 Å². The van der Waals surface area contributed by atoms with Crippen molar-refractivity contribution in [1.29, 1.82) is 0 Å². The number of amides is 4. The van der Waals surface area contributed by atoms with Crippen molar-refractivity contribution >= 4 is 35.6 Å². The Hall–Kier alpha value is -4.14. The van der Waals surface area contributed by atoms with Crippen LogP contribution in [-0.4, -0.2) is 320 Å². The summed E-state index contributed by atoms with van der Waals surface area (Å²) in [6.07, 6.45) is -46.4. The van der Waals surface area contributed by atoms with Gasteiger partial charge in [0.1, 0.15) is 110 Å². The summed E-state index contributed by atoms with van der Waals surface area (Å²) in [6.45, 7) is -1.82. The predicted octanol–water partition coefficient (Wildman–Crippen LogP) is -12.9. The SMILES string of the molecule is CC(=O)N[C@@H]1[C@@H](O[C@@H]2O[C@H](CO)[C@@H](O[C@@H]3O[C@H](CO)[C@H](O)[C@H](O[C@]4(C(=O)O)C[C@H](O)[C@@H](NC(C)=O)[C@H]([C@H](O)[C@H](O)CO)O4)[C@H]3O)[C@H](O)[C@H]2NC(C)=O)[C@@H](O)[C@@H](CO[C@]2(C(=O)O)C[C@H](O)[C@@H](NC(C)=O)[C@H]([C@H](O)[C@H](O)CO)O2)O[C@@H]1O. The van der Waals surface area contributed by atoms with E-state index in [9.17, 15) is 116 Å². The van der Waals surface area contributed by atoms with Gasteiger partial charge in [0, 0.05) is 40.5 Å². The Morgan fingerprint density at radius 3 is 1.40 bits per heavy atom. The third-order valence-electron chi connectivity index (χ3n) is 13.9. The molecule has 5 aliphatic heterocycles. The first-order chi connectivity index (χ1) is 37.4. The Morgan fingerprint density at radius 2 is 0.938 bits per heavy atom. The van der Waals surface area contributed by atoms with Crippen molar-refractivity contribution in [3.8, 4) is 0 Å². The van der Waals surface area contributed by atoms with Gasteiger partial charge in [0.2, 0.25) is 23.6 Å². The third kappa shape index (κ3) is 14.8. The minimum atomic E-state index is -3.21. The van der Waals surface area contributed by atoms with Gasteiger partial charge in [-0.1, -0.05) is 0 Å². The summed E-state index contributed by atoms with van der Waals surface area (Å²) < 4.78 is 51.4. The van der Waals surface area contributed by atoms with Crippen LogP contribution in [0.3, 0.4) is 0 Å². The average molecular weight is 1170 g/mol. The van der Waals surface area contributed by atoms with Gasteiger partial charge in [-0.3, -0.25) is 19.2 Å². The molecule has 0 aromatic carbocycles. The zero-order valence-corrected chi connectivity index (χ0v) is 43.1. The van der Waals surface area contributed by atoms with Crippen LogP contribution in [0.4, 0.5) is 0 Å². The number of hydrogen-bond donors (Lipinski definition) is 21. The van der Waals surface area contributed by atoms with Gasteiger partial charge < -0.3 is 151 Å². The fourth-order valence-corrected chi connectivity index (χ4v) is 9.94. The van der Waals surface area contributed by atoms with Crippen molar-refractivity contribution in [2.24, 2.45) is 0 Å². The highest BCUT2D eigenvalue weighted by Gasteiger charge is 2.62. The Bertz CT molecular complexity index is 2120. The molecule has 36 heteroatoms. The fourth-order valence-electron chi connectivity index (χ4n) is 9.94. The van der Waals surface area contributed by atoms with Crippen molar-refractivity contribution in [1.82, 2.24) is 21.3 Å². The quantitative estimate of drug-likeness (QED) is 0.0452. The van der Waals surface area contributed by atoms with E-state index in [1.165, 1.54) is 0 Å². The van der Waals surface area contributed by atoms with E-state index in [1.807, 2.05) is 0 Å². The van der Waals surface area contributed by atoms with Gasteiger partial charge >= 0.3 is 11.9 Å². The van der Waals surface area contributed by atoms with Gasteiger partial charge in [0.15, 0.2) is 18.9 Å². The van der Waals surface area contributed by atoms with Gasteiger partial charge in [0.05, 0.1) is 57.3 Å². The van der Waals surface area contributed by atoms with E-state index in [2.05, 4.69) is 21.3 Å². The Morgan fingerprint density at radius 1 is 0.512 bits per heavy atom. The molecule has 4 amide bonds. The van der Waals surface area contributed by atoms with Crippen molar-refractivity contribution in [3.63, 3.8) is 0 Å². The molecule has 5 heterocycles. The summed E-state index contributed by atoms with van der Waals surface area (Å²) in [7, 11) is 0. The maximum atomic E-state index is 13.0. The number of hydrogen-bond acceptors (Lipinski definition) is 30. The van der Waals surface area contributed by atoms with Crippen LogP contribution in [0.1, 0.15) is 40.5 Å². The van der Waals surface area contributed by atoms with Gasteiger partial charge in [-0.05, 0) is 0 Å². The van der Waals surface area contributed by atoms with Gasteiger partial charge in [-0.15, -0.1) is 0 Å². The highest BCUT2D eigenvalue weighted by molar-refractivity contribution is 5.77. The van der Waals surface area contributed by atoms with Crippen molar-refractivity contribution in [2.45, 2.75) is 205 Å². The molecule has 5 saturated heterocycles. The van der Waals surface area contributed by atoms with Gasteiger partial charge in [-0.2, -0.15) is 0 Å². The standard InChI is InChI=1S/C44H72N4O32/c1-12(53)45-23-16(57)5-43(41(68)69,78-35(23)27(61)18(59)7-49)72-11-22-30(64)34(26(38(67)73-22)48-15(4)56)77-39-25(47-14(3)55)31(65)33(21(10-52)75-39)76-40-32(66)37(29(63)20(9-51)74-40)80-44(42(70)71)6-17(58)24(46-13(2)54)36(79-44)28(62)19(60)8-50/h16-40,49-52,57-67H,5-11H2,1-4H3,(H,45,53)(H,46,54)(H,47,55)(H,48,56)(H,68,69)(H,70,71)/t16-,17-,18+,19+,20+,21+,22+,23+,24+,25+,26+,27+,28+,29-,30-,31+,32+,33+,34+,35+,36+,37-,38-,39-,40-,43+,44-/m0/s1. The van der Waals surface area contributed by atoms with E-state index in [1.54, 1.807) is 0 Å². The molecular formula is C44H72N4O32. The number of carbonyl (C=O) groups excluding carboxylic acids is 4. The van der Waals surface area contributed by atoms with Crippen LogP contribution < -0.4 is 21.3 Å². The monoisotopic (exact) mass is 1170 g/mol. The van der Waals surface area contributed by atoms with Crippen LogP contribution in [0.15, 0.2) is 0 Å². The van der Waals surface area contributed by atoms with Crippen LogP contribution in [0.5, 0.6) is 0 Å². The molecule has 0 saturated carbocycles. The number of ether oxygens (including phenoxy) is 9. The summed E-state index contributed by atoms with van der Waals surface area (Å²) in [6, 6.07) is -7.02. The fraction of sp³-hybridized carbons (Fsp3) is 0.864. The first-order valence-electron chi connectivity index (χ1n) is 24.8. The van der Waals surface area contributed by atoms with Crippen LogP contribution in [0.2, 0.25) is 0 Å². The molecule has 5 aliphatic rings. The summed E-state index contributed by atoms with van der Waals surface area (Å²) >= 11 is 0. The molecule has 5 fully saturated rings. The van der Waals surface area contributed by atoms with E-state index >= 15 is 0 Å². The molecule has 460 valence electrons. The zero-order valence-electron chi connectivity index (χ0n) is 43.1. The van der Waals surface area contributed by atoms with Crippen LogP contribution in [-0.2, 0) is 71.4 Å². The zero-order chi connectivity index (χ0) is 60.0. The lowest BCUT2D eigenvalue weighted by Crippen LogP contribution is -2.71. The number of nitrogens with one attached hydrogen (secondary N) is 4. The lowest BCUT2D eigenvalue weighted by Gasteiger charge is -2.51. The second-order valence-electron chi connectivity index (χ2n) is 19.8. The topological polar surface area (TPSA) is 578 Å². The van der Waals surface area contributed by atoms with Crippen LogP contribution >= 0.6 is 0 Å². The highest BCUT2D eigenvalue weighted by Crippen LogP contribution is 2.40. The second kappa shape index (κ2) is 28.0. The Labute approximate surface area is 452 Å². The molecule has 0 radical (unpaired) electrons. The lowest BCUT2D eigenvalue weighted by atomic mass is 9.88. The molecular weight excluding hydrogens is 1100 g/mol. The normalized spacial score (nSPS) is 42.0. The third-order valence-corrected chi connectivity index (χ3v) is 13.9. The van der Waals surface area contributed by atoms with Crippen molar-refractivity contribution in [2.75, 3.05) is 33.0 Å². The second-order valence-corrected chi connectivity index (χ2v) is 19.8. The maximum Gasteiger partial charge on any atom is 0.364 e. The first kappa shape index (κ1) is 66.7. The van der Waals surface area contributed by atoms with E-state index in [-0.39, 0.29) is 0 Å². The molecule has 27 atom stereocenters. The molecule has 0 aromatic heterocycles. The van der Waals surface area contributed by atoms with E-state index < -0.39 is 246 Å². The summed E-state index contributed by atoms with van der Waals surface area (Å²) in [5.74, 6) is -13.8. The van der Waals surface area contributed by atoms with Crippen LogP contribution in [0, 0.1) is 0 Å². The average Bonchev–Trinajstić information content (AvgIpc) is 3.38. The molecule has 0 spiro atoms. The minimum Gasteiger partial charge on any atom is -0.477 e. The Balaban J connectivity index is 1.43. The molecule has 0 unspecified atom stereocenters.